The van der Waals surface area contributed by atoms with E-state index in [-0.39, 0.29) is 4.90 Å². The lowest BCUT2D eigenvalue weighted by Crippen LogP contribution is -2.40. The van der Waals surface area contributed by atoms with Gasteiger partial charge in [0.2, 0.25) is 10.0 Å². The highest BCUT2D eigenvalue weighted by Gasteiger charge is 2.26. The number of hydrogen-bond acceptors (Lipinski definition) is 7. The molecule has 192 valence electrons. The minimum atomic E-state index is -3.54. The molecule has 2 fully saturated rings. The Labute approximate surface area is 215 Å². The summed E-state index contributed by atoms with van der Waals surface area (Å²) < 4.78 is 46.2. The van der Waals surface area contributed by atoms with Crippen molar-refractivity contribution in [1.29, 1.82) is 0 Å². The SMILES string of the molecule is COc1ccc(OC)c(-c2csc(=Nc3ccc(S(=O)(=O)N4CCOCC4)cc3)n2C2CCCC2)c1. The van der Waals surface area contributed by atoms with Crippen LogP contribution in [-0.2, 0) is 14.8 Å². The number of nitrogens with zero attached hydrogens (tertiary/aromatic N) is 3. The third-order valence-corrected chi connectivity index (χ3v) is 9.54. The van der Waals surface area contributed by atoms with Crippen molar-refractivity contribution in [2.24, 2.45) is 4.99 Å². The highest BCUT2D eigenvalue weighted by molar-refractivity contribution is 7.89. The van der Waals surface area contributed by atoms with Crippen LogP contribution in [0.15, 0.2) is 57.7 Å². The van der Waals surface area contributed by atoms with Gasteiger partial charge in [0.05, 0.1) is 43.7 Å². The van der Waals surface area contributed by atoms with Crippen LogP contribution in [-0.4, -0.2) is 57.8 Å². The third kappa shape index (κ3) is 4.95. The van der Waals surface area contributed by atoms with E-state index in [2.05, 4.69) is 9.95 Å². The van der Waals surface area contributed by atoms with Crippen LogP contribution in [0.3, 0.4) is 0 Å². The summed E-state index contributed by atoms with van der Waals surface area (Å²) in [4.78, 5) is 6.10. The summed E-state index contributed by atoms with van der Waals surface area (Å²) >= 11 is 1.58. The molecule has 0 amide bonds. The molecule has 1 aliphatic carbocycles. The summed E-state index contributed by atoms with van der Waals surface area (Å²) in [6, 6.07) is 13.0. The first-order valence-corrected chi connectivity index (χ1v) is 14.5. The second-order valence-corrected chi connectivity index (χ2v) is 11.7. The minimum absolute atomic E-state index is 0.278. The van der Waals surface area contributed by atoms with Gasteiger partial charge in [-0.1, -0.05) is 12.8 Å². The quantitative estimate of drug-likeness (QED) is 0.447. The molecule has 0 spiro atoms. The standard InChI is InChI=1S/C26H31N3O5S2/c1-32-21-9-12-25(33-2)23(17-21)24-18-35-26(29(24)20-5-3-4-6-20)27-19-7-10-22(11-8-19)36(30,31)28-13-15-34-16-14-28/h7-12,17-18,20H,3-6,13-16H2,1-2H3. The number of hydrogen-bond donors (Lipinski definition) is 0. The molecule has 1 aromatic heterocycles. The zero-order valence-corrected chi connectivity index (χ0v) is 22.2. The summed E-state index contributed by atoms with van der Waals surface area (Å²) in [5.41, 5.74) is 2.73. The first-order chi connectivity index (χ1) is 17.5. The van der Waals surface area contributed by atoms with Crippen molar-refractivity contribution < 1.29 is 22.6 Å². The van der Waals surface area contributed by atoms with E-state index in [1.54, 1.807) is 49.8 Å². The van der Waals surface area contributed by atoms with E-state index >= 15 is 0 Å². The Balaban J connectivity index is 1.54. The molecule has 2 aliphatic rings. The lowest BCUT2D eigenvalue weighted by molar-refractivity contribution is 0.0730. The molecule has 3 aromatic rings. The molecule has 36 heavy (non-hydrogen) atoms. The Morgan fingerprint density at radius 3 is 2.39 bits per heavy atom. The molecule has 1 saturated heterocycles. The van der Waals surface area contributed by atoms with E-state index < -0.39 is 10.0 Å². The molecule has 2 heterocycles. The zero-order valence-electron chi connectivity index (χ0n) is 20.6. The van der Waals surface area contributed by atoms with Gasteiger partial charge in [-0.3, -0.25) is 0 Å². The van der Waals surface area contributed by atoms with Gasteiger partial charge in [-0.15, -0.1) is 11.3 Å². The van der Waals surface area contributed by atoms with Gasteiger partial charge in [-0.25, -0.2) is 13.4 Å². The molecule has 10 heteroatoms. The predicted molar refractivity (Wildman–Crippen MR) is 140 cm³/mol. The van der Waals surface area contributed by atoms with E-state index in [4.69, 9.17) is 19.2 Å². The van der Waals surface area contributed by atoms with Gasteiger partial charge in [-0.2, -0.15) is 4.31 Å². The van der Waals surface area contributed by atoms with Crippen LogP contribution in [0.4, 0.5) is 5.69 Å². The Hall–Kier alpha value is -2.66. The number of sulfonamides is 1. The highest BCUT2D eigenvalue weighted by Crippen LogP contribution is 2.38. The topological polar surface area (TPSA) is 82.4 Å². The zero-order chi connectivity index (χ0) is 25.1. The smallest absolute Gasteiger partial charge is 0.243 e. The summed E-state index contributed by atoms with van der Waals surface area (Å²) in [6.45, 7) is 1.60. The number of aromatic nitrogens is 1. The predicted octanol–water partition coefficient (Wildman–Crippen LogP) is 4.60. The Morgan fingerprint density at radius 1 is 1.00 bits per heavy atom. The Bertz CT molecular complexity index is 1370. The Kier molecular flexibility index (Phi) is 7.47. The third-order valence-electron chi connectivity index (χ3n) is 6.78. The number of rotatable bonds is 7. The normalized spacial score (nSPS) is 18.0. The van der Waals surface area contributed by atoms with Crippen LogP contribution >= 0.6 is 11.3 Å². The molecule has 0 N–H and O–H groups in total. The fourth-order valence-electron chi connectivity index (χ4n) is 4.87. The van der Waals surface area contributed by atoms with Crippen LogP contribution < -0.4 is 14.3 Å². The van der Waals surface area contributed by atoms with Crippen molar-refractivity contribution in [2.45, 2.75) is 36.6 Å². The Morgan fingerprint density at radius 2 is 1.72 bits per heavy atom. The lowest BCUT2D eigenvalue weighted by Gasteiger charge is -2.26. The molecular formula is C26H31N3O5S2. The molecule has 1 aliphatic heterocycles. The lowest BCUT2D eigenvalue weighted by atomic mass is 10.1. The fraction of sp³-hybridized carbons (Fsp3) is 0.423. The summed E-state index contributed by atoms with van der Waals surface area (Å²) in [6.07, 6.45) is 4.57. The molecule has 1 saturated carbocycles. The van der Waals surface area contributed by atoms with Crippen LogP contribution in [0.5, 0.6) is 11.5 Å². The first kappa shape index (κ1) is 25.0. The van der Waals surface area contributed by atoms with Gasteiger partial charge >= 0.3 is 0 Å². The van der Waals surface area contributed by atoms with Crippen molar-refractivity contribution in [1.82, 2.24) is 8.87 Å². The molecule has 0 radical (unpaired) electrons. The second kappa shape index (κ2) is 10.8. The van der Waals surface area contributed by atoms with Gasteiger partial charge in [0.25, 0.3) is 0 Å². The van der Waals surface area contributed by atoms with E-state index in [0.717, 1.165) is 40.4 Å². The molecule has 8 nitrogen and oxygen atoms in total. The maximum atomic E-state index is 13.0. The summed E-state index contributed by atoms with van der Waals surface area (Å²) in [5.74, 6) is 1.55. The van der Waals surface area contributed by atoms with E-state index in [9.17, 15) is 8.42 Å². The molecule has 0 atom stereocenters. The highest BCUT2D eigenvalue weighted by atomic mass is 32.2. The number of benzene rings is 2. The summed E-state index contributed by atoms with van der Waals surface area (Å²) in [5, 5.41) is 2.12. The molecule has 0 bridgehead atoms. The fourth-order valence-corrected chi connectivity index (χ4v) is 7.25. The van der Waals surface area contributed by atoms with Gasteiger partial charge in [-0.05, 0) is 55.3 Å². The van der Waals surface area contributed by atoms with Crippen LogP contribution in [0.25, 0.3) is 11.3 Å². The number of methoxy groups -OCH3 is 2. The maximum Gasteiger partial charge on any atom is 0.243 e. The molecule has 5 rings (SSSR count). The van der Waals surface area contributed by atoms with Gasteiger partial charge < -0.3 is 18.8 Å². The summed E-state index contributed by atoms with van der Waals surface area (Å²) in [7, 11) is -0.199. The van der Waals surface area contributed by atoms with Crippen LogP contribution in [0, 0.1) is 0 Å². The molecule has 0 unspecified atom stereocenters. The van der Waals surface area contributed by atoms with Crippen molar-refractivity contribution in [2.75, 3.05) is 40.5 Å². The van der Waals surface area contributed by atoms with Crippen LogP contribution in [0.1, 0.15) is 31.7 Å². The van der Waals surface area contributed by atoms with Gasteiger partial charge in [0.1, 0.15) is 11.5 Å². The average molecular weight is 530 g/mol. The monoisotopic (exact) mass is 529 g/mol. The van der Waals surface area contributed by atoms with Crippen molar-refractivity contribution in [3.63, 3.8) is 0 Å². The van der Waals surface area contributed by atoms with Crippen molar-refractivity contribution in [3.05, 3.63) is 52.6 Å². The average Bonchev–Trinajstić information content (AvgIpc) is 3.59. The van der Waals surface area contributed by atoms with E-state index in [1.165, 1.54) is 17.1 Å². The number of ether oxygens (including phenoxy) is 3. The molecular weight excluding hydrogens is 498 g/mol. The maximum absolute atomic E-state index is 13.0. The minimum Gasteiger partial charge on any atom is -0.497 e. The van der Waals surface area contributed by atoms with Gasteiger partial charge in [0, 0.05) is 30.1 Å². The second-order valence-electron chi connectivity index (χ2n) is 8.90. The largest absolute Gasteiger partial charge is 0.497 e. The number of thiazole rings is 1. The number of morpholine rings is 1. The van der Waals surface area contributed by atoms with Crippen molar-refractivity contribution in [3.8, 4) is 22.8 Å². The first-order valence-electron chi connectivity index (χ1n) is 12.2. The van der Waals surface area contributed by atoms with E-state index in [1.807, 2.05) is 18.2 Å². The van der Waals surface area contributed by atoms with Gasteiger partial charge in [0.15, 0.2) is 4.80 Å². The molecule has 2 aromatic carbocycles. The van der Waals surface area contributed by atoms with Crippen LogP contribution in [0.2, 0.25) is 0 Å². The van der Waals surface area contributed by atoms with Crippen molar-refractivity contribution >= 4 is 27.0 Å². The van der Waals surface area contributed by atoms with E-state index in [0.29, 0.717) is 38.0 Å².